The van der Waals surface area contributed by atoms with Gasteiger partial charge in [-0.2, -0.15) is 5.06 Å². The molecule has 5 heteroatoms. The van der Waals surface area contributed by atoms with E-state index in [0.717, 1.165) is 0 Å². The highest BCUT2D eigenvalue weighted by Crippen LogP contribution is 2.47. The Morgan fingerprint density at radius 3 is 1.68 bits per heavy atom. The molecule has 19 heavy (non-hydrogen) atoms. The van der Waals surface area contributed by atoms with E-state index in [1.165, 1.54) is 9.96 Å². The molecule has 108 valence electrons. The highest BCUT2D eigenvalue weighted by molar-refractivity contribution is 6.15. The molecule has 2 unspecified atom stereocenters. The first-order valence-electron chi connectivity index (χ1n) is 6.87. The highest BCUT2D eigenvalue weighted by Gasteiger charge is 2.58. The zero-order valence-corrected chi connectivity index (χ0v) is 12.6. The summed E-state index contributed by atoms with van der Waals surface area (Å²) < 4.78 is 0. The third-order valence-electron chi connectivity index (χ3n) is 5.48. The first-order chi connectivity index (χ1) is 8.52. The molecule has 2 amide bonds. The monoisotopic (exact) mass is 268 g/mol. The number of hydroxylamine groups is 2. The van der Waals surface area contributed by atoms with Crippen molar-refractivity contribution in [2.75, 3.05) is 0 Å². The van der Waals surface area contributed by atoms with Crippen molar-refractivity contribution in [3.63, 3.8) is 0 Å². The molecule has 0 bridgehead atoms. The summed E-state index contributed by atoms with van der Waals surface area (Å²) in [6.07, 6.45) is 0.0274. The van der Waals surface area contributed by atoms with Crippen LogP contribution in [0.3, 0.4) is 0 Å². The molecule has 0 aliphatic carbocycles. The first kappa shape index (κ1) is 14.5. The zero-order chi connectivity index (χ0) is 14.7. The predicted molar refractivity (Wildman–Crippen MR) is 70.4 cm³/mol. The van der Waals surface area contributed by atoms with Crippen LogP contribution in [0.2, 0.25) is 0 Å². The van der Waals surface area contributed by atoms with Crippen LogP contribution in [0.5, 0.6) is 0 Å². The Bertz CT molecular complexity index is 394. The molecule has 2 fully saturated rings. The van der Waals surface area contributed by atoms with Crippen molar-refractivity contribution in [3.05, 3.63) is 0 Å². The fraction of sp³-hybridized carbons (Fsp3) is 0.857. The normalized spacial score (nSPS) is 38.3. The molecule has 1 N–H and O–H groups in total. The van der Waals surface area contributed by atoms with E-state index >= 15 is 0 Å². The third kappa shape index (κ3) is 1.75. The van der Waals surface area contributed by atoms with Gasteiger partial charge in [0.1, 0.15) is 6.42 Å². The molecule has 0 spiro atoms. The number of hydrogen-bond acceptors (Lipinski definition) is 4. The van der Waals surface area contributed by atoms with E-state index in [1.54, 1.807) is 0 Å². The maximum atomic E-state index is 11.8. The average molecular weight is 268 g/mol. The van der Waals surface area contributed by atoms with Gasteiger partial charge in [-0.05, 0) is 39.5 Å². The highest BCUT2D eigenvalue weighted by atomic mass is 16.5. The zero-order valence-electron chi connectivity index (χ0n) is 12.6. The van der Waals surface area contributed by atoms with Gasteiger partial charge in [0.25, 0.3) is 0 Å². The largest absolute Gasteiger partial charge is 0.313 e. The molecule has 0 saturated carbocycles. The lowest BCUT2D eigenvalue weighted by molar-refractivity contribution is -0.285. The fourth-order valence-corrected chi connectivity index (χ4v) is 3.52. The van der Waals surface area contributed by atoms with Gasteiger partial charge in [-0.15, -0.1) is 0 Å². The summed E-state index contributed by atoms with van der Waals surface area (Å²) in [5.41, 5.74) is -0.979. The van der Waals surface area contributed by atoms with Crippen molar-refractivity contribution < 1.29 is 14.8 Å². The van der Waals surface area contributed by atoms with E-state index in [4.69, 9.17) is 0 Å². The molecule has 0 aromatic heterocycles. The van der Waals surface area contributed by atoms with E-state index < -0.39 is 11.1 Å². The molecular formula is C14H24N2O3. The molecule has 2 aliphatic heterocycles. The lowest BCUT2D eigenvalue weighted by atomic mass is 9.65. The molecular weight excluding hydrogens is 244 g/mol. The Balaban J connectivity index is 2.43. The molecule has 5 nitrogen and oxygen atoms in total. The van der Waals surface area contributed by atoms with Gasteiger partial charge < -0.3 is 5.21 Å². The van der Waals surface area contributed by atoms with Crippen molar-refractivity contribution in [2.45, 2.75) is 65.1 Å². The summed E-state index contributed by atoms with van der Waals surface area (Å²) in [7, 11) is 0. The maximum absolute atomic E-state index is 11.8. The summed E-state index contributed by atoms with van der Waals surface area (Å²) in [5.74, 6) is -0.166. The Hall–Kier alpha value is -0.940. The summed E-state index contributed by atoms with van der Waals surface area (Å²) in [4.78, 5) is 24.9. The van der Waals surface area contributed by atoms with Crippen molar-refractivity contribution in [3.8, 4) is 0 Å². The van der Waals surface area contributed by atoms with Crippen LogP contribution >= 0.6 is 0 Å². The second-order valence-corrected chi connectivity index (χ2v) is 7.02. The van der Waals surface area contributed by atoms with Gasteiger partial charge >= 0.3 is 0 Å². The van der Waals surface area contributed by atoms with Crippen molar-refractivity contribution in [2.24, 2.45) is 11.8 Å². The Labute approximate surface area is 114 Å². The minimum Gasteiger partial charge on any atom is -0.313 e. The Morgan fingerprint density at radius 1 is 1.00 bits per heavy atom. The van der Waals surface area contributed by atoms with Crippen LogP contribution in [0.4, 0.5) is 0 Å². The molecule has 2 rings (SSSR count). The van der Waals surface area contributed by atoms with Crippen LogP contribution in [0.25, 0.3) is 0 Å². The van der Waals surface area contributed by atoms with Crippen molar-refractivity contribution in [1.82, 2.24) is 9.96 Å². The van der Waals surface area contributed by atoms with Gasteiger partial charge in [0.15, 0.2) is 0 Å². The number of nitrogens with zero attached hydrogens (tertiary/aromatic N) is 2. The lowest BCUT2D eigenvalue weighted by Crippen LogP contribution is -2.74. The maximum Gasteiger partial charge on any atom is 0.238 e. The number of β-lactam (4-membered cyclic amide) rings is 2. The quantitative estimate of drug-likeness (QED) is 0.580. The number of imide groups is 1. The van der Waals surface area contributed by atoms with Gasteiger partial charge in [0.05, 0.1) is 0 Å². The van der Waals surface area contributed by atoms with Crippen LogP contribution in [0.15, 0.2) is 0 Å². The second kappa shape index (κ2) is 4.03. The van der Waals surface area contributed by atoms with Gasteiger partial charge in [0, 0.05) is 17.1 Å². The van der Waals surface area contributed by atoms with E-state index in [1.807, 2.05) is 41.5 Å². The number of carbonyl (C=O) groups is 2. The van der Waals surface area contributed by atoms with Gasteiger partial charge in [-0.1, -0.05) is 13.8 Å². The molecule has 2 aliphatic rings. The van der Waals surface area contributed by atoms with Crippen LogP contribution in [0.1, 0.15) is 48.0 Å². The minimum atomic E-state index is -0.489. The first-order valence-corrected chi connectivity index (χ1v) is 6.87. The van der Waals surface area contributed by atoms with Crippen LogP contribution in [-0.4, -0.2) is 44.1 Å². The SMILES string of the molecule is CC1C(N2C(=O)CC2=O)C(C)C(C)(C)N(O)C1(C)C. The second-order valence-electron chi connectivity index (χ2n) is 7.02. The average Bonchev–Trinajstić information content (AvgIpc) is 2.31. The van der Waals surface area contributed by atoms with Crippen molar-refractivity contribution in [1.29, 1.82) is 0 Å². The van der Waals surface area contributed by atoms with E-state index in [9.17, 15) is 14.8 Å². The number of piperidine rings is 1. The van der Waals surface area contributed by atoms with Gasteiger partial charge in [0.2, 0.25) is 11.8 Å². The number of likely N-dealkylation sites (tertiary alicyclic amines) is 1. The lowest BCUT2D eigenvalue weighted by Gasteiger charge is -2.61. The predicted octanol–water partition coefficient (Wildman–Crippen LogP) is 1.65. The minimum absolute atomic E-state index is 0.00808. The van der Waals surface area contributed by atoms with E-state index in [-0.39, 0.29) is 36.1 Å². The molecule has 2 saturated heterocycles. The van der Waals surface area contributed by atoms with Crippen LogP contribution in [0, 0.1) is 11.8 Å². The number of amides is 2. The standard InChI is InChI=1S/C14H24N2O3/c1-8-12(15-10(17)7-11(15)18)9(2)14(5,6)16(19)13(8,3)4/h8-9,12,19H,7H2,1-6H3. The third-order valence-corrected chi connectivity index (χ3v) is 5.48. The summed E-state index contributed by atoms with van der Waals surface area (Å²) in [5, 5.41) is 11.9. The number of carbonyl (C=O) groups excluding carboxylic acids is 2. The Morgan fingerprint density at radius 2 is 1.37 bits per heavy atom. The summed E-state index contributed by atoms with van der Waals surface area (Å²) >= 11 is 0. The molecule has 2 atom stereocenters. The molecule has 0 aromatic carbocycles. The topological polar surface area (TPSA) is 60.9 Å². The molecule has 2 heterocycles. The van der Waals surface area contributed by atoms with E-state index in [0.29, 0.717) is 0 Å². The van der Waals surface area contributed by atoms with Crippen molar-refractivity contribution >= 4 is 11.8 Å². The van der Waals surface area contributed by atoms with Crippen LogP contribution in [-0.2, 0) is 9.59 Å². The smallest absolute Gasteiger partial charge is 0.238 e. The number of rotatable bonds is 1. The molecule has 0 aromatic rings. The summed E-state index contributed by atoms with van der Waals surface area (Å²) in [6.45, 7) is 11.8. The van der Waals surface area contributed by atoms with Gasteiger partial charge in [-0.3, -0.25) is 14.5 Å². The summed E-state index contributed by atoms with van der Waals surface area (Å²) in [6, 6.07) is -0.151. The number of hydrogen-bond donors (Lipinski definition) is 1. The van der Waals surface area contributed by atoms with Crippen LogP contribution < -0.4 is 0 Å². The van der Waals surface area contributed by atoms with E-state index in [2.05, 4.69) is 0 Å². The fourth-order valence-electron chi connectivity index (χ4n) is 3.52. The van der Waals surface area contributed by atoms with Gasteiger partial charge in [-0.25, -0.2) is 0 Å². The molecule has 0 radical (unpaired) electrons. The Kier molecular flexibility index (Phi) is 3.07.